The Morgan fingerprint density at radius 3 is 2.44 bits per heavy atom. The molecule has 16 heavy (non-hydrogen) atoms. The van der Waals surface area contributed by atoms with E-state index in [1.807, 2.05) is 12.1 Å². The minimum absolute atomic E-state index is 0.536. The van der Waals surface area contributed by atoms with Crippen molar-refractivity contribution in [2.75, 3.05) is 12.3 Å². The van der Waals surface area contributed by atoms with Crippen molar-refractivity contribution in [3.8, 4) is 0 Å². The molecule has 88 valence electrons. The lowest BCUT2D eigenvalue weighted by Crippen LogP contribution is -2.29. The molecule has 0 heterocycles. The summed E-state index contributed by atoms with van der Waals surface area (Å²) in [5.41, 5.74) is 8.35. The number of nitrogens with one attached hydrogen (secondary N) is 1. The first-order valence-corrected chi connectivity index (χ1v) is 6.23. The Hall–Kier alpha value is -1.02. The summed E-state index contributed by atoms with van der Waals surface area (Å²) in [7, 11) is 0. The van der Waals surface area contributed by atoms with Gasteiger partial charge in [0.25, 0.3) is 0 Å². The van der Waals surface area contributed by atoms with Gasteiger partial charge in [0.15, 0.2) is 0 Å². The van der Waals surface area contributed by atoms with Gasteiger partial charge in [0, 0.05) is 18.8 Å². The fraction of sp³-hybridized carbons (Fsp3) is 0.571. The highest BCUT2D eigenvalue weighted by molar-refractivity contribution is 5.39. The molecule has 0 spiro atoms. The van der Waals surface area contributed by atoms with Gasteiger partial charge in [-0.1, -0.05) is 31.9 Å². The largest absolute Gasteiger partial charge is 0.399 e. The normalized spacial score (nSPS) is 18.8. The van der Waals surface area contributed by atoms with Crippen molar-refractivity contribution in [1.29, 1.82) is 0 Å². The zero-order chi connectivity index (χ0) is 11.4. The Bertz CT molecular complexity index is 323. The van der Waals surface area contributed by atoms with E-state index in [0.29, 0.717) is 5.41 Å². The van der Waals surface area contributed by atoms with Gasteiger partial charge in [0.2, 0.25) is 0 Å². The summed E-state index contributed by atoms with van der Waals surface area (Å²) >= 11 is 0. The lowest BCUT2D eigenvalue weighted by Gasteiger charge is -2.23. The molecule has 1 saturated carbocycles. The number of hydrogen-bond acceptors (Lipinski definition) is 2. The van der Waals surface area contributed by atoms with E-state index in [-0.39, 0.29) is 0 Å². The van der Waals surface area contributed by atoms with Crippen molar-refractivity contribution in [3.05, 3.63) is 29.8 Å². The maximum atomic E-state index is 5.66. The van der Waals surface area contributed by atoms with Gasteiger partial charge in [-0.25, -0.2) is 0 Å². The number of benzene rings is 1. The zero-order valence-corrected chi connectivity index (χ0v) is 10.1. The summed E-state index contributed by atoms with van der Waals surface area (Å²) in [4.78, 5) is 0. The Labute approximate surface area is 98.2 Å². The smallest absolute Gasteiger partial charge is 0.0314 e. The molecule has 1 aromatic carbocycles. The predicted molar refractivity (Wildman–Crippen MR) is 69.1 cm³/mol. The second kappa shape index (κ2) is 4.88. The summed E-state index contributed by atoms with van der Waals surface area (Å²) in [6.45, 7) is 4.49. The van der Waals surface area contributed by atoms with Gasteiger partial charge in [-0.3, -0.25) is 0 Å². The van der Waals surface area contributed by atoms with Gasteiger partial charge in [-0.05, 0) is 36.0 Å². The molecule has 1 fully saturated rings. The summed E-state index contributed by atoms with van der Waals surface area (Å²) in [6.07, 6.45) is 5.56. The van der Waals surface area contributed by atoms with Crippen LogP contribution in [-0.4, -0.2) is 6.54 Å². The SMILES string of the molecule is CC1(CNCc2ccc(N)cc2)CCCC1. The Balaban J connectivity index is 1.77. The molecule has 1 aromatic rings. The topological polar surface area (TPSA) is 38.0 Å². The van der Waals surface area contributed by atoms with Crippen molar-refractivity contribution in [1.82, 2.24) is 5.32 Å². The Morgan fingerprint density at radius 2 is 1.81 bits per heavy atom. The van der Waals surface area contributed by atoms with Gasteiger partial charge in [-0.15, -0.1) is 0 Å². The van der Waals surface area contributed by atoms with Crippen LogP contribution in [-0.2, 0) is 6.54 Å². The van der Waals surface area contributed by atoms with Crippen LogP contribution in [0.1, 0.15) is 38.2 Å². The molecule has 2 heteroatoms. The minimum Gasteiger partial charge on any atom is -0.399 e. The van der Waals surface area contributed by atoms with Crippen LogP contribution in [0.4, 0.5) is 5.69 Å². The first-order chi connectivity index (χ1) is 7.68. The first-order valence-electron chi connectivity index (χ1n) is 6.23. The number of anilines is 1. The average molecular weight is 218 g/mol. The van der Waals surface area contributed by atoms with Crippen molar-refractivity contribution in [3.63, 3.8) is 0 Å². The minimum atomic E-state index is 0.536. The highest BCUT2D eigenvalue weighted by atomic mass is 14.9. The second-order valence-corrected chi connectivity index (χ2v) is 5.36. The van der Waals surface area contributed by atoms with Gasteiger partial charge in [0.05, 0.1) is 0 Å². The maximum Gasteiger partial charge on any atom is 0.0314 e. The lowest BCUT2D eigenvalue weighted by atomic mass is 9.89. The summed E-state index contributed by atoms with van der Waals surface area (Å²) in [5.74, 6) is 0. The van der Waals surface area contributed by atoms with Gasteiger partial charge < -0.3 is 11.1 Å². The van der Waals surface area contributed by atoms with Crippen LogP contribution in [0.15, 0.2) is 24.3 Å². The average Bonchev–Trinajstić information content (AvgIpc) is 2.69. The molecule has 0 amide bonds. The third kappa shape index (κ3) is 2.99. The maximum absolute atomic E-state index is 5.66. The van der Waals surface area contributed by atoms with E-state index in [4.69, 9.17) is 5.73 Å². The van der Waals surface area contributed by atoms with Crippen molar-refractivity contribution in [2.24, 2.45) is 5.41 Å². The predicted octanol–water partition coefficient (Wildman–Crippen LogP) is 2.94. The third-order valence-electron chi connectivity index (χ3n) is 3.67. The second-order valence-electron chi connectivity index (χ2n) is 5.36. The fourth-order valence-electron chi connectivity index (χ4n) is 2.55. The lowest BCUT2D eigenvalue weighted by molar-refractivity contribution is 0.314. The van der Waals surface area contributed by atoms with Crippen LogP contribution in [0.2, 0.25) is 0 Å². The molecule has 0 aromatic heterocycles. The van der Waals surface area contributed by atoms with Gasteiger partial charge in [-0.2, -0.15) is 0 Å². The molecule has 3 N–H and O–H groups in total. The fourth-order valence-corrected chi connectivity index (χ4v) is 2.55. The summed E-state index contributed by atoms with van der Waals surface area (Å²) in [6, 6.07) is 8.13. The molecular weight excluding hydrogens is 196 g/mol. The van der Waals surface area contributed by atoms with Crippen LogP contribution in [0, 0.1) is 5.41 Å². The highest BCUT2D eigenvalue weighted by Gasteiger charge is 2.27. The molecule has 0 bridgehead atoms. The van der Waals surface area contributed by atoms with Gasteiger partial charge >= 0.3 is 0 Å². The molecule has 0 unspecified atom stereocenters. The van der Waals surface area contributed by atoms with E-state index in [2.05, 4.69) is 24.4 Å². The van der Waals surface area contributed by atoms with E-state index in [1.165, 1.54) is 31.2 Å². The van der Waals surface area contributed by atoms with Crippen LogP contribution in [0.3, 0.4) is 0 Å². The molecule has 0 radical (unpaired) electrons. The molecule has 1 aliphatic rings. The van der Waals surface area contributed by atoms with Crippen LogP contribution < -0.4 is 11.1 Å². The van der Waals surface area contributed by atoms with E-state index < -0.39 is 0 Å². The molecular formula is C14H22N2. The quantitative estimate of drug-likeness (QED) is 0.763. The van der Waals surface area contributed by atoms with Gasteiger partial charge in [0.1, 0.15) is 0 Å². The highest BCUT2D eigenvalue weighted by Crippen LogP contribution is 2.36. The standard InChI is InChI=1S/C14H22N2/c1-14(8-2-3-9-14)11-16-10-12-4-6-13(15)7-5-12/h4-7,16H,2-3,8-11,15H2,1H3. The number of nitrogen functional groups attached to an aromatic ring is 1. The third-order valence-corrected chi connectivity index (χ3v) is 3.67. The number of nitrogens with two attached hydrogens (primary N) is 1. The van der Waals surface area contributed by atoms with Crippen LogP contribution >= 0.6 is 0 Å². The molecule has 2 nitrogen and oxygen atoms in total. The number of hydrogen-bond donors (Lipinski definition) is 2. The molecule has 1 aliphatic carbocycles. The molecule has 0 saturated heterocycles. The van der Waals surface area contributed by atoms with E-state index in [9.17, 15) is 0 Å². The number of rotatable bonds is 4. The molecule has 2 rings (SSSR count). The van der Waals surface area contributed by atoms with Crippen LogP contribution in [0.25, 0.3) is 0 Å². The summed E-state index contributed by atoms with van der Waals surface area (Å²) < 4.78 is 0. The van der Waals surface area contributed by atoms with E-state index >= 15 is 0 Å². The first kappa shape index (κ1) is 11.5. The molecule has 0 atom stereocenters. The van der Waals surface area contributed by atoms with Crippen molar-refractivity contribution < 1.29 is 0 Å². The Morgan fingerprint density at radius 1 is 1.19 bits per heavy atom. The van der Waals surface area contributed by atoms with Crippen molar-refractivity contribution in [2.45, 2.75) is 39.2 Å². The van der Waals surface area contributed by atoms with Crippen molar-refractivity contribution >= 4 is 5.69 Å². The van der Waals surface area contributed by atoms with Crippen LogP contribution in [0.5, 0.6) is 0 Å². The Kier molecular flexibility index (Phi) is 3.49. The molecule has 0 aliphatic heterocycles. The monoisotopic (exact) mass is 218 g/mol. The van der Waals surface area contributed by atoms with E-state index in [0.717, 1.165) is 18.8 Å². The summed E-state index contributed by atoms with van der Waals surface area (Å²) in [5, 5.41) is 3.56. The van der Waals surface area contributed by atoms with E-state index in [1.54, 1.807) is 0 Å². The zero-order valence-electron chi connectivity index (χ0n) is 10.1.